The van der Waals surface area contributed by atoms with Gasteiger partial charge in [-0.25, -0.2) is 4.39 Å². The largest absolute Gasteiger partial charge is 0.326 e. The van der Waals surface area contributed by atoms with E-state index in [0.29, 0.717) is 17.5 Å². The summed E-state index contributed by atoms with van der Waals surface area (Å²) in [5, 5.41) is 2.35. The van der Waals surface area contributed by atoms with E-state index in [0.717, 1.165) is 16.8 Å². The van der Waals surface area contributed by atoms with E-state index in [1.54, 1.807) is 13.0 Å². The molecule has 0 spiro atoms. The third-order valence-corrected chi connectivity index (χ3v) is 4.04. The molecule has 1 aliphatic heterocycles. The van der Waals surface area contributed by atoms with Crippen LogP contribution in [0.4, 0.5) is 10.1 Å². The van der Waals surface area contributed by atoms with E-state index in [2.05, 4.69) is 5.32 Å². The molecule has 0 radical (unpaired) electrons. The van der Waals surface area contributed by atoms with E-state index in [9.17, 15) is 9.18 Å². The third kappa shape index (κ3) is 2.29. The van der Waals surface area contributed by atoms with Crippen LogP contribution in [0.5, 0.6) is 0 Å². The standard InChI is InChI=1S/C16H13ClFNO/c1-9-2-3-11(7-13(9)18)16(17)10-4-5-14-12(6-10)8-15(20)19-14/h2-7,16H,8H2,1H3,(H,19,20). The maximum atomic E-state index is 13.6. The predicted octanol–water partition coefficient (Wildman–Crippen LogP) is 3.96. The fraction of sp³-hybridized carbons (Fsp3) is 0.188. The van der Waals surface area contributed by atoms with E-state index in [-0.39, 0.29) is 11.7 Å². The van der Waals surface area contributed by atoms with Crippen LogP contribution in [0.25, 0.3) is 0 Å². The Hall–Kier alpha value is -1.87. The van der Waals surface area contributed by atoms with Crippen molar-refractivity contribution >= 4 is 23.2 Å². The fourth-order valence-electron chi connectivity index (χ4n) is 2.37. The van der Waals surface area contributed by atoms with Gasteiger partial charge in [-0.05, 0) is 41.3 Å². The van der Waals surface area contributed by atoms with Gasteiger partial charge in [0.05, 0.1) is 11.8 Å². The molecule has 0 aromatic heterocycles. The summed E-state index contributed by atoms with van der Waals surface area (Å²) in [5.41, 5.74) is 3.95. The summed E-state index contributed by atoms with van der Waals surface area (Å²) < 4.78 is 13.6. The average Bonchev–Trinajstić information content (AvgIpc) is 2.80. The summed E-state index contributed by atoms with van der Waals surface area (Å²) >= 11 is 6.42. The minimum absolute atomic E-state index is 0.00958. The maximum Gasteiger partial charge on any atom is 0.228 e. The van der Waals surface area contributed by atoms with Gasteiger partial charge in [0.2, 0.25) is 5.91 Å². The third-order valence-electron chi connectivity index (χ3n) is 3.54. The molecule has 0 saturated heterocycles. The molecule has 0 fully saturated rings. The predicted molar refractivity (Wildman–Crippen MR) is 77.6 cm³/mol. The molecular weight excluding hydrogens is 277 g/mol. The molecule has 1 unspecified atom stereocenters. The van der Waals surface area contributed by atoms with Crippen molar-refractivity contribution < 1.29 is 9.18 Å². The van der Waals surface area contributed by atoms with Crippen LogP contribution in [0.15, 0.2) is 36.4 Å². The maximum absolute atomic E-state index is 13.6. The second-order valence-electron chi connectivity index (χ2n) is 5.01. The molecule has 102 valence electrons. The summed E-state index contributed by atoms with van der Waals surface area (Å²) in [7, 11) is 0. The highest BCUT2D eigenvalue weighted by molar-refractivity contribution is 6.22. The Morgan fingerprint density at radius 3 is 2.65 bits per heavy atom. The highest BCUT2D eigenvalue weighted by atomic mass is 35.5. The van der Waals surface area contributed by atoms with Crippen LogP contribution < -0.4 is 5.32 Å². The van der Waals surface area contributed by atoms with E-state index in [1.807, 2.05) is 24.3 Å². The number of carbonyl (C=O) groups is 1. The zero-order valence-corrected chi connectivity index (χ0v) is 11.7. The molecule has 1 aliphatic rings. The lowest BCUT2D eigenvalue weighted by molar-refractivity contribution is -0.115. The van der Waals surface area contributed by atoms with Crippen LogP contribution in [-0.4, -0.2) is 5.91 Å². The molecule has 0 saturated carbocycles. The first-order chi connectivity index (χ1) is 9.54. The van der Waals surface area contributed by atoms with Crippen molar-refractivity contribution in [1.82, 2.24) is 0 Å². The number of nitrogens with one attached hydrogen (secondary N) is 1. The number of fused-ring (bicyclic) bond motifs is 1. The number of halogens is 2. The zero-order valence-electron chi connectivity index (χ0n) is 10.9. The minimum atomic E-state index is -0.425. The smallest absolute Gasteiger partial charge is 0.228 e. The van der Waals surface area contributed by atoms with E-state index in [4.69, 9.17) is 11.6 Å². The van der Waals surface area contributed by atoms with Crippen molar-refractivity contribution in [1.29, 1.82) is 0 Å². The zero-order chi connectivity index (χ0) is 14.3. The number of carbonyl (C=O) groups excluding carboxylic acids is 1. The Kier molecular flexibility index (Phi) is 3.22. The van der Waals surface area contributed by atoms with Crippen molar-refractivity contribution in [2.45, 2.75) is 18.7 Å². The number of anilines is 1. The van der Waals surface area contributed by atoms with Gasteiger partial charge >= 0.3 is 0 Å². The van der Waals surface area contributed by atoms with Crippen molar-refractivity contribution in [2.24, 2.45) is 0 Å². The van der Waals surface area contributed by atoms with Crippen molar-refractivity contribution in [3.63, 3.8) is 0 Å². The van der Waals surface area contributed by atoms with Gasteiger partial charge in [-0.1, -0.05) is 24.3 Å². The quantitative estimate of drug-likeness (QED) is 0.833. The molecule has 2 aromatic carbocycles. The highest BCUT2D eigenvalue weighted by Crippen LogP contribution is 2.33. The van der Waals surface area contributed by atoms with Crippen LogP contribution in [0.3, 0.4) is 0 Å². The molecule has 2 nitrogen and oxygen atoms in total. The Labute approximate surface area is 121 Å². The molecule has 2 aromatic rings. The van der Waals surface area contributed by atoms with Gasteiger partial charge < -0.3 is 5.32 Å². The molecule has 1 atom stereocenters. The lowest BCUT2D eigenvalue weighted by Gasteiger charge is -2.12. The SMILES string of the molecule is Cc1ccc(C(Cl)c2ccc3c(c2)CC(=O)N3)cc1F. The fourth-order valence-corrected chi connectivity index (χ4v) is 2.64. The Morgan fingerprint density at radius 1 is 1.20 bits per heavy atom. The van der Waals surface area contributed by atoms with Gasteiger partial charge in [0.1, 0.15) is 5.82 Å². The van der Waals surface area contributed by atoms with Gasteiger partial charge in [-0.3, -0.25) is 4.79 Å². The summed E-state index contributed by atoms with van der Waals surface area (Å²) in [6.07, 6.45) is 0.370. The number of alkyl halides is 1. The summed E-state index contributed by atoms with van der Waals surface area (Å²) in [5.74, 6) is -0.268. The molecule has 3 rings (SSSR count). The molecule has 0 aliphatic carbocycles. The van der Waals surface area contributed by atoms with Crippen molar-refractivity contribution in [3.8, 4) is 0 Å². The van der Waals surface area contributed by atoms with Gasteiger partial charge in [0, 0.05) is 5.69 Å². The Balaban J connectivity index is 1.94. The molecular formula is C16H13ClFNO. The lowest BCUT2D eigenvalue weighted by atomic mass is 10.00. The Morgan fingerprint density at radius 2 is 1.90 bits per heavy atom. The summed E-state index contributed by atoms with van der Waals surface area (Å²) in [4.78, 5) is 11.3. The first-order valence-electron chi connectivity index (χ1n) is 6.37. The molecule has 20 heavy (non-hydrogen) atoms. The summed E-state index contributed by atoms with van der Waals surface area (Å²) in [6, 6.07) is 10.6. The molecule has 0 bridgehead atoms. The molecule has 1 amide bonds. The number of benzene rings is 2. The second kappa shape index (κ2) is 4.91. The lowest BCUT2D eigenvalue weighted by Crippen LogP contribution is -2.03. The first kappa shape index (κ1) is 13.1. The van der Waals surface area contributed by atoms with Crippen LogP contribution >= 0.6 is 11.6 Å². The van der Waals surface area contributed by atoms with Crippen LogP contribution in [0.2, 0.25) is 0 Å². The number of rotatable bonds is 2. The summed E-state index contributed by atoms with van der Waals surface area (Å²) in [6.45, 7) is 1.72. The van der Waals surface area contributed by atoms with Gasteiger partial charge in [-0.2, -0.15) is 0 Å². The average molecular weight is 290 g/mol. The van der Waals surface area contributed by atoms with Crippen LogP contribution in [0, 0.1) is 12.7 Å². The Bertz CT molecular complexity index is 699. The van der Waals surface area contributed by atoms with Crippen LogP contribution in [0.1, 0.15) is 27.6 Å². The normalized spacial score (nSPS) is 14.8. The molecule has 4 heteroatoms. The first-order valence-corrected chi connectivity index (χ1v) is 6.81. The molecule has 1 N–H and O–H groups in total. The van der Waals surface area contributed by atoms with Gasteiger partial charge in [0.15, 0.2) is 0 Å². The highest BCUT2D eigenvalue weighted by Gasteiger charge is 2.20. The van der Waals surface area contributed by atoms with E-state index >= 15 is 0 Å². The van der Waals surface area contributed by atoms with Crippen molar-refractivity contribution in [2.75, 3.05) is 5.32 Å². The topological polar surface area (TPSA) is 29.1 Å². The van der Waals surface area contributed by atoms with Gasteiger partial charge in [-0.15, -0.1) is 11.6 Å². The molecule has 1 heterocycles. The number of amides is 1. The van der Waals surface area contributed by atoms with E-state index < -0.39 is 5.38 Å². The number of hydrogen-bond donors (Lipinski definition) is 1. The minimum Gasteiger partial charge on any atom is -0.326 e. The number of hydrogen-bond acceptors (Lipinski definition) is 1. The van der Waals surface area contributed by atoms with Gasteiger partial charge in [0.25, 0.3) is 0 Å². The second-order valence-corrected chi connectivity index (χ2v) is 5.45. The van der Waals surface area contributed by atoms with Crippen LogP contribution in [-0.2, 0) is 11.2 Å². The monoisotopic (exact) mass is 289 g/mol. The number of aryl methyl sites for hydroxylation is 1. The van der Waals surface area contributed by atoms with Crippen molar-refractivity contribution in [3.05, 3.63) is 64.5 Å². The van der Waals surface area contributed by atoms with E-state index in [1.165, 1.54) is 6.07 Å².